The number of carbonyl (C=O) groups is 1. The molecule has 1 rings (SSSR count). The lowest BCUT2D eigenvalue weighted by molar-refractivity contribution is 0.557. The van der Waals surface area contributed by atoms with Crippen molar-refractivity contribution in [2.75, 3.05) is 6.66 Å². The Bertz CT molecular complexity index is 292. The minimum Gasteiger partial charge on any atom is -0.311 e. The lowest BCUT2D eigenvalue weighted by Crippen LogP contribution is -2.02. The van der Waals surface area contributed by atoms with Crippen molar-refractivity contribution in [3.63, 3.8) is 0 Å². The summed E-state index contributed by atoms with van der Waals surface area (Å²) >= 11 is 0. The molecule has 1 aromatic rings. The number of hydrogen-bond acceptors (Lipinski definition) is 2. The van der Waals surface area contributed by atoms with Gasteiger partial charge in [0.2, 0.25) is 0 Å². The van der Waals surface area contributed by atoms with E-state index in [9.17, 15) is 9.36 Å². The Morgan fingerprint density at radius 2 is 1.82 bits per heavy atom. The van der Waals surface area contributed by atoms with Crippen molar-refractivity contribution < 1.29 is 9.36 Å². The zero-order valence-electron chi connectivity index (χ0n) is 6.23. The van der Waals surface area contributed by atoms with Crippen LogP contribution >= 0.6 is 7.14 Å². The molecule has 1 unspecified atom stereocenters. The third-order valence-corrected chi connectivity index (χ3v) is 3.20. The predicted molar refractivity (Wildman–Crippen MR) is 46.4 cm³/mol. The van der Waals surface area contributed by atoms with Gasteiger partial charge >= 0.3 is 0 Å². The molecule has 0 amide bonds. The number of hydrogen-bond donors (Lipinski definition) is 0. The fraction of sp³-hybridized carbons (Fsp3) is 0.125. The number of rotatable bonds is 2. The standard InChI is InChI=1S/C8H9O2P/c1-11(10,7-9)8-5-3-2-4-6-8/h2-7H,1H3. The van der Waals surface area contributed by atoms with E-state index >= 15 is 0 Å². The van der Waals surface area contributed by atoms with E-state index in [1.54, 1.807) is 24.3 Å². The highest BCUT2D eigenvalue weighted by atomic mass is 31.2. The highest BCUT2D eigenvalue weighted by Gasteiger charge is 2.15. The zero-order chi connectivity index (χ0) is 8.32. The molecule has 0 saturated carbocycles. The van der Waals surface area contributed by atoms with Crippen LogP contribution in [-0.2, 0) is 9.36 Å². The first-order chi connectivity index (χ1) is 5.17. The van der Waals surface area contributed by atoms with E-state index in [0.29, 0.717) is 11.3 Å². The van der Waals surface area contributed by atoms with Crippen molar-refractivity contribution in [1.29, 1.82) is 0 Å². The molecule has 0 radical (unpaired) electrons. The van der Waals surface area contributed by atoms with Crippen LogP contribution in [0.2, 0.25) is 0 Å². The summed E-state index contributed by atoms with van der Waals surface area (Å²) in [5.74, 6) is 0. The van der Waals surface area contributed by atoms with Gasteiger partial charge in [-0.25, -0.2) is 0 Å². The second-order valence-corrected chi connectivity index (χ2v) is 5.14. The normalized spacial score (nSPS) is 15.4. The van der Waals surface area contributed by atoms with Crippen LogP contribution in [0.5, 0.6) is 0 Å². The Labute approximate surface area is 65.6 Å². The summed E-state index contributed by atoms with van der Waals surface area (Å²) in [4.78, 5) is 10.4. The molecule has 0 aliphatic rings. The smallest absolute Gasteiger partial charge is 0.183 e. The Morgan fingerprint density at radius 1 is 1.27 bits per heavy atom. The van der Waals surface area contributed by atoms with Crippen molar-refractivity contribution in [2.24, 2.45) is 0 Å². The molecule has 1 atom stereocenters. The van der Waals surface area contributed by atoms with Crippen molar-refractivity contribution in [3.8, 4) is 0 Å². The average Bonchev–Trinajstić information content (AvgIpc) is 2.06. The quantitative estimate of drug-likeness (QED) is 0.495. The number of carbonyl (C=O) groups excluding carboxylic acids is 1. The first-order valence-electron chi connectivity index (χ1n) is 3.26. The Kier molecular flexibility index (Phi) is 2.25. The van der Waals surface area contributed by atoms with Crippen molar-refractivity contribution in [2.45, 2.75) is 0 Å². The van der Waals surface area contributed by atoms with Crippen LogP contribution in [-0.4, -0.2) is 12.7 Å². The molecular formula is C8H9O2P. The van der Waals surface area contributed by atoms with Gasteiger partial charge in [0, 0.05) is 5.30 Å². The van der Waals surface area contributed by atoms with Gasteiger partial charge in [-0.05, 0) is 6.66 Å². The minimum atomic E-state index is -2.71. The van der Waals surface area contributed by atoms with Gasteiger partial charge in [-0.2, -0.15) is 0 Å². The van der Waals surface area contributed by atoms with Crippen LogP contribution in [0.15, 0.2) is 30.3 Å². The van der Waals surface area contributed by atoms with Gasteiger partial charge in [0.05, 0.1) is 0 Å². The first kappa shape index (κ1) is 8.22. The summed E-state index contributed by atoms with van der Waals surface area (Å²) in [6.45, 7) is 1.47. The third-order valence-electron chi connectivity index (χ3n) is 1.47. The molecule has 0 spiro atoms. The molecule has 2 nitrogen and oxygen atoms in total. The third kappa shape index (κ3) is 1.78. The van der Waals surface area contributed by atoms with E-state index in [2.05, 4.69) is 0 Å². The van der Waals surface area contributed by atoms with Crippen molar-refractivity contribution in [1.82, 2.24) is 0 Å². The molecule has 0 aromatic heterocycles. The molecule has 0 bridgehead atoms. The van der Waals surface area contributed by atoms with Gasteiger partial charge < -0.3 is 4.57 Å². The monoisotopic (exact) mass is 168 g/mol. The molecule has 0 aliphatic heterocycles. The van der Waals surface area contributed by atoms with E-state index in [-0.39, 0.29) is 0 Å². The van der Waals surface area contributed by atoms with Crippen molar-refractivity contribution >= 4 is 18.5 Å². The number of benzene rings is 1. The molecule has 3 heteroatoms. The van der Waals surface area contributed by atoms with Gasteiger partial charge in [0.25, 0.3) is 0 Å². The molecule has 0 N–H and O–H groups in total. The Hall–Kier alpha value is -0.880. The topological polar surface area (TPSA) is 34.1 Å². The minimum absolute atomic E-state index is 0.530. The van der Waals surface area contributed by atoms with Crippen LogP contribution in [0.3, 0.4) is 0 Å². The van der Waals surface area contributed by atoms with Gasteiger partial charge in [-0.1, -0.05) is 30.3 Å². The maximum atomic E-state index is 11.4. The molecule has 58 valence electrons. The second kappa shape index (κ2) is 3.02. The fourth-order valence-corrected chi connectivity index (χ4v) is 1.67. The average molecular weight is 168 g/mol. The SMILES string of the molecule is CP(=O)(C=O)c1ccccc1. The summed E-state index contributed by atoms with van der Waals surface area (Å²) in [6.07, 6.45) is 0. The van der Waals surface area contributed by atoms with E-state index in [0.717, 1.165) is 0 Å². The lowest BCUT2D eigenvalue weighted by atomic mass is 10.4. The van der Waals surface area contributed by atoms with E-state index < -0.39 is 7.14 Å². The fourth-order valence-electron chi connectivity index (χ4n) is 0.785. The lowest BCUT2D eigenvalue weighted by Gasteiger charge is -2.02. The Morgan fingerprint density at radius 3 is 2.27 bits per heavy atom. The van der Waals surface area contributed by atoms with Gasteiger partial charge in [-0.3, -0.25) is 4.79 Å². The molecule has 0 fully saturated rings. The molecule has 0 saturated heterocycles. The van der Waals surface area contributed by atoms with Gasteiger partial charge in [0.1, 0.15) is 0 Å². The summed E-state index contributed by atoms with van der Waals surface area (Å²) in [6, 6.07) is 9.31. The molecular weight excluding hydrogens is 159 g/mol. The summed E-state index contributed by atoms with van der Waals surface area (Å²) in [5, 5.41) is 0.620. The van der Waals surface area contributed by atoms with Crippen molar-refractivity contribution in [3.05, 3.63) is 30.3 Å². The van der Waals surface area contributed by atoms with Crippen LogP contribution < -0.4 is 5.30 Å². The second-order valence-electron chi connectivity index (χ2n) is 2.43. The maximum absolute atomic E-state index is 11.4. The zero-order valence-corrected chi connectivity index (χ0v) is 7.12. The van der Waals surface area contributed by atoms with Crippen LogP contribution in [0, 0.1) is 0 Å². The largest absolute Gasteiger partial charge is 0.311 e. The molecule has 11 heavy (non-hydrogen) atoms. The van der Waals surface area contributed by atoms with Gasteiger partial charge in [0.15, 0.2) is 13.2 Å². The molecule has 0 aliphatic carbocycles. The van der Waals surface area contributed by atoms with E-state index in [1.165, 1.54) is 6.66 Å². The molecule has 1 aromatic carbocycles. The first-order valence-corrected chi connectivity index (χ1v) is 5.48. The Balaban J connectivity index is 3.13. The van der Waals surface area contributed by atoms with Crippen LogP contribution in [0.4, 0.5) is 0 Å². The highest BCUT2D eigenvalue weighted by molar-refractivity contribution is 7.84. The summed E-state index contributed by atoms with van der Waals surface area (Å²) < 4.78 is 11.4. The van der Waals surface area contributed by atoms with E-state index in [4.69, 9.17) is 0 Å². The molecule has 0 heterocycles. The maximum Gasteiger partial charge on any atom is 0.183 e. The summed E-state index contributed by atoms with van der Waals surface area (Å²) in [5.41, 5.74) is 0. The van der Waals surface area contributed by atoms with Crippen LogP contribution in [0.25, 0.3) is 0 Å². The van der Waals surface area contributed by atoms with E-state index in [1.807, 2.05) is 6.07 Å². The highest BCUT2D eigenvalue weighted by Crippen LogP contribution is 2.34. The van der Waals surface area contributed by atoms with Crippen LogP contribution in [0.1, 0.15) is 0 Å². The van der Waals surface area contributed by atoms with Gasteiger partial charge in [-0.15, -0.1) is 0 Å². The summed E-state index contributed by atoms with van der Waals surface area (Å²) in [7, 11) is -2.71. The predicted octanol–water partition coefficient (Wildman–Crippen LogP) is 1.49.